The van der Waals surface area contributed by atoms with Crippen molar-refractivity contribution in [1.82, 2.24) is 15.1 Å². The van der Waals surface area contributed by atoms with Crippen molar-refractivity contribution in [3.05, 3.63) is 0 Å². The van der Waals surface area contributed by atoms with Gasteiger partial charge in [0, 0.05) is 31.2 Å². The number of fused-ring (bicyclic) bond motifs is 1. The van der Waals surface area contributed by atoms with Crippen LogP contribution in [-0.4, -0.2) is 61.2 Å². The van der Waals surface area contributed by atoms with Crippen molar-refractivity contribution in [2.75, 3.05) is 33.2 Å². The first-order valence-corrected chi connectivity index (χ1v) is 7.42. The third-order valence-electron chi connectivity index (χ3n) is 5.14. The van der Waals surface area contributed by atoms with Gasteiger partial charge in [-0.3, -0.25) is 4.90 Å². The predicted octanol–water partition coefficient (Wildman–Crippen LogP) is 1.15. The molecule has 0 aromatic rings. The summed E-state index contributed by atoms with van der Waals surface area (Å²) in [7, 11) is 2.25. The van der Waals surface area contributed by atoms with E-state index in [0.717, 1.165) is 24.0 Å². The van der Waals surface area contributed by atoms with Gasteiger partial charge in [0.15, 0.2) is 0 Å². The molecule has 0 bridgehead atoms. The number of rotatable bonds is 2. The van der Waals surface area contributed by atoms with Gasteiger partial charge < -0.3 is 10.2 Å². The highest BCUT2D eigenvalue weighted by atomic mass is 15.2. The number of hydrogen-bond donors (Lipinski definition) is 1. The zero-order valence-electron chi connectivity index (χ0n) is 11.4. The van der Waals surface area contributed by atoms with Crippen LogP contribution in [0.15, 0.2) is 0 Å². The molecule has 0 aromatic carbocycles. The fourth-order valence-electron chi connectivity index (χ4n) is 4.15. The molecule has 0 radical (unpaired) electrons. The molecule has 0 saturated carbocycles. The quantitative estimate of drug-likeness (QED) is 0.777. The lowest BCUT2D eigenvalue weighted by Crippen LogP contribution is -2.52. The van der Waals surface area contributed by atoms with Gasteiger partial charge in [0.25, 0.3) is 0 Å². The van der Waals surface area contributed by atoms with Gasteiger partial charge in [-0.25, -0.2) is 0 Å². The van der Waals surface area contributed by atoms with Gasteiger partial charge in [0.2, 0.25) is 0 Å². The third kappa shape index (κ3) is 2.38. The molecule has 3 aliphatic heterocycles. The second-order valence-electron chi connectivity index (χ2n) is 6.44. The molecule has 3 rings (SSSR count). The largest absolute Gasteiger partial charge is 0.309 e. The summed E-state index contributed by atoms with van der Waals surface area (Å²) in [6.45, 7) is 7.63. The van der Waals surface area contributed by atoms with E-state index in [-0.39, 0.29) is 0 Å². The molecule has 0 aliphatic carbocycles. The van der Waals surface area contributed by atoms with Crippen LogP contribution in [0, 0.1) is 5.92 Å². The Morgan fingerprint density at radius 2 is 1.82 bits per heavy atom. The minimum absolute atomic E-state index is 0.761. The van der Waals surface area contributed by atoms with Crippen LogP contribution < -0.4 is 5.32 Å². The Morgan fingerprint density at radius 1 is 1.00 bits per heavy atom. The number of hydrogen-bond acceptors (Lipinski definition) is 3. The van der Waals surface area contributed by atoms with E-state index in [1.165, 1.54) is 51.9 Å². The number of piperidine rings is 1. The van der Waals surface area contributed by atoms with Crippen LogP contribution >= 0.6 is 0 Å². The van der Waals surface area contributed by atoms with Crippen molar-refractivity contribution in [2.24, 2.45) is 5.92 Å². The van der Waals surface area contributed by atoms with Crippen LogP contribution in [0.5, 0.6) is 0 Å². The molecule has 3 saturated heterocycles. The first-order valence-electron chi connectivity index (χ1n) is 7.42. The average Bonchev–Trinajstić information content (AvgIpc) is 2.86. The molecular formula is C14H27N3. The van der Waals surface area contributed by atoms with E-state index in [9.17, 15) is 0 Å². The molecule has 0 amide bonds. The van der Waals surface area contributed by atoms with Crippen LogP contribution in [0.3, 0.4) is 0 Å². The standard InChI is InChI=1S/C14H27N3/c1-11-10-16(2)8-5-12(11)15-13-6-9-17-7-3-4-14(13)17/h11-15H,3-10H2,1-2H3. The Labute approximate surface area is 106 Å². The van der Waals surface area contributed by atoms with Gasteiger partial charge in [-0.2, -0.15) is 0 Å². The molecule has 3 aliphatic rings. The SMILES string of the molecule is CC1CN(C)CCC1NC1CCN2CCCC12. The van der Waals surface area contributed by atoms with Crippen LogP contribution in [0.25, 0.3) is 0 Å². The van der Waals surface area contributed by atoms with E-state index in [4.69, 9.17) is 0 Å². The van der Waals surface area contributed by atoms with Gasteiger partial charge in [0.05, 0.1) is 0 Å². The zero-order valence-corrected chi connectivity index (χ0v) is 11.4. The predicted molar refractivity (Wildman–Crippen MR) is 71.2 cm³/mol. The van der Waals surface area contributed by atoms with Gasteiger partial charge in [-0.05, 0) is 51.7 Å². The first kappa shape index (κ1) is 11.9. The van der Waals surface area contributed by atoms with Gasteiger partial charge in [-0.15, -0.1) is 0 Å². The molecule has 3 heteroatoms. The van der Waals surface area contributed by atoms with Gasteiger partial charge in [-0.1, -0.05) is 6.92 Å². The highest BCUT2D eigenvalue weighted by Crippen LogP contribution is 2.29. The Balaban J connectivity index is 1.56. The van der Waals surface area contributed by atoms with E-state index in [2.05, 4.69) is 29.1 Å². The van der Waals surface area contributed by atoms with Crippen LogP contribution in [0.2, 0.25) is 0 Å². The van der Waals surface area contributed by atoms with Crippen molar-refractivity contribution in [2.45, 2.75) is 50.7 Å². The molecular weight excluding hydrogens is 210 g/mol. The lowest BCUT2D eigenvalue weighted by molar-refractivity contribution is 0.159. The normalized spacial score (nSPS) is 44.1. The molecule has 0 spiro atoms. The molecule has 17 heavy (non-hydrogen) atoms. The third-order valence-corrected chi connectivity index (χ3v) is 5.14. The number of likely N-dealkylation sites (tertiary alicyclic amines) is 1. The lowest BCUT2D eigenvalue weighted by atomic mass is 9.92. The Kier molecular flexibility index (Phi) is 3.42. The highest BCUT2D eigenvalue weighted by molar-refractivity contribution is 4.98. The Hall–Kier alpha value is -0.120. The zero-order chi connectivity index (χ0) is 11.8. The summed E-state index contributed by atoms with van der Waals surface area (Å²) >= 11 is 0. The van der Waals surface area contributed by atoms with Crippen molar-refractivity contribution in [3.63, 3.8) is 0 Å². The van der Waals surface area contributed by atoms with Crippen molar-refractivity contribution in [3.8, 4) is 0 Å². The molecule has 4 atom stereocenters. The average molecular weight is 237 g/mol. The van der Waals surface area contributed by atoms with E-state index >= 15 is 0 Å². The van der Waals surface area contributed by atoms with E-state index in [1.807, 2.05) is 0 Å². The summed E-state index contributed by atoms with van der Waals surface area (Å²) in [5, 5.41) is 3.99. The minimum Gasteiger partial charge on any atom is -0.309 e. The smallest absolute Gasteiger partial charge is 0.0250 e. The summed E-state index contributed by atoms with van der Waals surface area (Å²) in [6.07, 6.45) is 5.56. The topological polar surface area (TPSA) is 18.5 Å². The highest BCUT2D eigenvalue weighted by Gasteiger charge is 2.38. The molecule has 0 aromatic heterocycles. The summed E-state index contributed by atoms with van der Waals surface area (Å²) in [5.41, 5.74) is 0. The van der Waals surface area contributed by atoms with E-state index < -0.39 is 0 Å². The minimum atomic E-state index is 0.761. The molecule has 98 valence electrons. The summed E-state index contributed by atoms with van der Waals surface area (Å²) < 4.78 is 0. The van der Waals surface area contributed by atoms with Crippen molar-refractivity contribution in [1.29, 1.82) is 0 Å². The fraction of sp³-hybridized carbons (Fsp3) is 1.00. The molecule has 3 fully saturated rings. The van der Waals surface area contributed by atoms with Gasteiger partial charge in [0.1, 0.15) is 0 Å². The number of nitrogens with zero attached hydrogens (tertiary/aromatic N) is 2. The molecule has 4 unspecified atom stereocenters. The Bertz CT molecular complexity index is 268. The first-order chi connectivity index (χ1) is 8.24. The summed E-state index contributed by atoms with van der Waals surface area (Å²) in [6, 6.07) is 2.41. The van der Waals surface area contributed by atoms with Crippen LogP contribution in [-0.2, 0) is 0 Å². The van der Waals surface area contributed by atoms with E-state index in [0.29, 0.717) is 0 Å². The number of nitrogens with one attached hydrogen (secondary N) is 1. The Morgan fingerprint density at radius 3 is 2.65 bits per heavy atom. The van der Waals surface area contributed by atoms with Crippen LogP contribution in [0.1, 0.15) is 32.6 Å². The second kappa shape index (κ2) is 4.87. The molecule has 3 heterocycles. The molecule has 3 nitrogen and oxygen atoms in total. The second-order valence-corrected chi connectivity index (χ2v) is 6.44. The molecule has 1 N–H and O–H groups in total. The fourth-order valence-corrected chi connectivity index (χ4v) is 4.15. The monoisotopic (exact) mass is 237 g/mol. The van der Waals surface area contributed by atoms with Crippen molar-refractivity contribution >= 4 is 0 Å². The summed E-state index contributed by atoms with van der Waals surface area (Å²) in [4.78, 5) is 5.18. The van der Waals surface area contributed by atoms with E-state index in [1.54, 1.807) is 0 Å². The van der Waals surface area contributed by atoms with Crippen molar-refractivity contribution < 1.29 is 0 Å². The maximum Gasteiger partial charge on any atom is 0.0250 e. The summed E-state index contributed by atoms with van der Waals surface area (Å²) in [5.74, 6) is 0.809. The van der Waals surface area contributed by atoms with Gasteiger partial charge >= 0.3 is 0 Å². The lowest BCUT2D eigenvalue weighted by Gasteiger charge is -2.38. The maximum atomic E-state index is 3.99. The van der Waals surface area contributed by atoms with Crippen LogP contribution in [0.4, 0.5) is 0 Å². The maximum absolute atomic E-state index is 3.99.